The van der Waals surface area contributed by atoms with E-state index >= 15 is 0 Å². The SMILES string of the molecule is NCCCc1nnc2ccc(-c3ccccc3)nn12. The fourth-order valence-electron chi connectivity index (χ4n) is 2.01. The molecule has 0 fully saturated rings. The molecule has 0 aliphatic rings. The van der Waals surface area contributed by atoms with E-state index in [0.29, 0.717) is 6.54 Å². The van der Waals surface area contributed by atoms with Gasteiger partial charge in [0.05, 0.1) is 5.69 Å². The van der Waals surface area contributed by atoms with Crippen molar-refractivity contribution in [2.75, 3.05) is 6.54 Å². The first-order valence-corrected chi connectivity index (χ1v) is 6.35. The lowest BCUT2D eigenvalue weighted by atomic mass is 10.1. The zero-order valence-electron chi connectivity index (χ0n) is 10.5. The predicted molar refractivity (Wildman–Crippen MR) is 73.6 cm³/mol. The van der Waals surface area contributed by atoms with Crippen LogP contribution in [0.15, 0.2) is 42.5 Å². The van der Waals surface area contributed by atoms with E-state index < -0.39 is 0 Å². The Balaban J connectivity index is 2.04. The predicted octanol–water partition coefficient (Wildman–Crippen LogP) is 1.68. The van der Waals surface area contributed by atoms with E-state index in [1.807, 2.05) is 42.5 Å². The van der Waals surface area contributed by atoms with Gasteiger partial charge in [0, 0.05) is 12.0 Å². The number of nitrogens with zero attached hydrogens (tertiary/aromatic N) is 4. The summed E-state index contributed by atoms with van der Waals surface area (Å²) in [6, 6.07) is 14.0. The zero-order chi connectivity index (χ0) is 13.1. The standard InChI is InChI=1S/C14H15N5/c15-10-4-7-13-16-17-14-9-8-12(18-19(13)14)11-5-2-1-3-6-11/h1-3,5-6,8-9H,4,7,10,15H2. The summed E-state index contributed by atoms with van der Waals surface area (Å²) in [4.78, 5) is 0. The van der Waals surface area contributed by atoms with Crippen LogP contribution in [0.2, 0.25) is 0 Å². The van der Waals surface area contributed by atoms with Crippen LogP contribution < -0.4 is 5.73 Å². The van der Waals surface area contributed by atoms with Crippen LogP contribution in [0.25, 0.3) is 16.9 Å². The second-order valence-corrected chi connectivity index (χ2v) is 4.36. The highest BCUT2D eigenvalue weighted by Crippen LogP contribution is 2.16. The summed E-state index contributed by atoms with van der Waals surface area (Å²) in [7, 11) is 0. The van der Waals surface area contributed by atoms with Gasteiger partial charge in [-0.2, -0.15) is 9.61 Å². The van der Waals surface area contributed by atoms with E-state index in [1.54, 1.807) is 4.52 Å². The Labute approximate surface area is 111 Å². The van der Waals surface area contributed by atoms with Gasteiger partial charge in [0.25, 0.3) is 0 Å². The van der Waals surface area contributed by atoms with Crippen molar-refractivity contribution in [1.29, 1.82) is 0 Å². The van der Waals surface area contributed by atoms with Gasteiger partial charge < -0.3 is 5.73 Å². The van der Waals surface area contributed by atoms with Crippen molar-refractivity contribution < 1.29 is 0 Å². The molecule has 0 amide bonds. The van der Waals surface area contributed by atoms with Gasteiger partial charge in [0.1, 0.15) is 0 Å². The van der Waals surface area contributed by atoms with Crippen molar-refractivity contribution in [3.63, 3.8) is 0 Å². The topological polar surface area (TPSA) is 69.1 Å². The summed E-state index contributed by atoms with van der Waals surface area (Å²) in [5.41, 5.74) is 8.31. The molecule has 0 atom stereocenters. The molecule has 0 radical (unpaired) electrons. The molecular weight excluding hydrogens is 238 g/mol. The molecule has 0 aliphatic heterocycles. The molecule has 1 aromatic carbocycles. The first kappa shape index (κ1) is 11.8. The van der Waals surface area contributed by atoms with Crippen molar-refractivity contribution in [3.05, 3.63) is 48.3 Å². The molecule has 5 nitrogen and oxygen atoms in total. The smallest absolute Gasteiger partial charge is 0.177 e. The van der Waals surface area contributed by atoms with Crippen molar-refractivity contribution >= 4 is 5.65 Å². The van der Waals surface area contributed by atoms with Crippen LogP contribution in [0.3, 0.4) is 0 Å². The maximum Gasteiger partial charge on any atom is 0.177 e. The number of nitrogens with two attached hydrogens (primary N) is 1. The van der Waals surface area contributed by atoms with Crippen LogP contribution >= 0.6 is 0 Å². The second kappa shape index (κ2) is 5.16. The van der Waals surface area contributed by atoms with Crippen LogP contribution in [-0.2, 0) is 6.42 Å². The van der Waals surface area contributed by atoms with Crippen molar-refractivity contribution in [2.45, 2.75) is 12.8 Å². The molecule has 96 valence electrons. The molecule has 0 spiro atoms. The molecule has 0 bridgehead atoms. The lowest BCUT2D eigenvalue weighted by molar-refractivity contribution is 0.741. The maximum absolute atomic E-state index is 5.53. The summed E-state index contributed by atoms with van der Waals surface area (Å²) in [5, 5.41) is 12.9. The molecule has 0 unspecified atom stereocenters. The Morgan fingerprint density at radius 3 is 2.63 bits per heavy atom. The average Bonchev–Trinajstić information content (AvgIpc) is 2.88. The Hall–Kier alpha value is -2.27. The van der Waals surface area contributed by atoms with Crippen LogP contribution in [-0.4, -0.2) is 26.4 Å². The van der Waals surface area contributed by atoms with E-state index in [0.717, 1.165) is 35.6 Å². The molecule has 3 rings (SSSR count). The van der Waals surface area contributed by atoms with Gasteiger partial charge in [0.2, 0.25) is 0 Å². The summed E-state index contributed by atoms with van der Waals surface area (Å²) >= 11 is 0. The normalized spacial score (nSPS) is 11.0. The fraction of sp³-hybridized carbons (Fsp3) is 0.214. The summed E-state index contributed by atoms with van der Waals surface area (Å²) < 4.78 is 1.80. The quantitative estimate of drug-likeness (QED) is 0.768. The summed E-state index contributed by atoms with van der Waals surface area (Å²) in [6.45, 7) is 0.646. The third-order valence-electron chi connectivity index (χ3n) is 3.00. The average molecular weight is 253 g/mol. The van der Waals surface area contributed by atoms with E-state index in [1.165, 1.54) is 0 Å². The Morgan fingerprint density at radius 1 is 1.00 bits per heavy atom. The third kappa shape index (κ3) is 2.32. The molecule has 2 N–H and O–H groups in total. The van der Waals surface area contributed by atoms with Gasteiger partial charge in [-0.15, -0.1) is 10.2 Å². The van der Waals surface area contributed by atoms with Gasteiger partial charge >= 0.3 is 0 Å². The van der Waals surface area contributed by atoms with Crippen LogP contribution in [0.1, 0.15) is 12.2 Å². The lowest BCUT2D eigenvalue weighted by Crippen LogP contribution is -2.05. The summed E-state index contributed by atoms with van der Waals surface area (Å²) in [5.74, 6) is 0.859. The number of hydrogen-bond acceptors (Lipinski definition) is 4. The summed E-state index contributed by atoms with van der Waals surface area (Å²) in [6.07, 6.45) is 1.68. The van der Waals surface area contributed by atoms with Gasteiger partial charge in [-0.05, 0) is 25.1 Å². The minimum atomic E-state index is 0.646. The monoisotopic (exact) mass is 253 g/mol. The number of aryl methyl sites for hydroxylation is 1. The minimum Gasteiger partial charge on any atom is -0.330 e. The third-order valence-corrected chi connectivity index (χ3v) is 3.00. The number of rotatable bonds is 4. The van der Waals surface area contributed by atoms with E-state index in [-0.39, 0.29) is 0 Å². The highest BCUT2D eigenvalue weighted by atomic mass is 15.4. The maximum atomic E-state index is 5.53. The molecule has 5 heteroatoms. The molecule has 2 aromatic heterocycles. The lowest BCUT2D eigenvalue weighted by Gasteiger charge is -2.02. The van der Waals surface area contributed by atoms with Crippen molar-refractivity contribution in [3.8, 4) is 11.3 Å². The fourth-order valence-corrected chi connectivity index (χ4v) is 2.01. The van der Waals surface area contributed by atoms with E-state index in [2.05, 4.69) is 15.3 Å². The van der Waals surface area contributed by atoms with Crippen molar-refractivity contribution in [2.24, 2.45) is 5.73 Å². The zero-order valence-corrected chi connectivity index (χ0v) is 10.5. The minimum absolute atomic E-state index is 0.646. The van der Waals surface area contributed by atoms with E-state index in [9.17, 15) is 0 Å². The van der Waals surface area contributed by atoms with Gasteiger partial charge in [0.15, 0.2) is 11.5 Å². The van der Waals surface area contributed by atoms with E-state index in [4.69, 9.17) is 5.73 Å². The second-order valence-electron chi connectivity index (χ2n) is 4.36. The first-order chi connectivity index (χ1) is 9.38. The van der Waals surface area contributed by atoms with Crippen LogP contribution in [0.4, 0.5) is 0 Å². The molecule has 0 aliphatic carbocycles. The molecular formula is C14H15N5. The van der Waals surface area contributed by atoms with Crippen molar-refractivity contribution in [1.82, 2.24) is 19.8 Å². The largest absolute Gasteiger partial charge is 0.330 e. The molecule has 19 heavy (non-hydrogen) atoms. The Bertz CT molecular complexity index is 675. The highest BCUT2D eigenvalue weighted by molar-refractivity contribution is 5.59. The molecule has 2 heterocycles. The Kier molecular flexibility index (Phi) is 3.20. The molecule has 3 aromatic rings. The Morgan fingerprint density at radius 2 is 1.84 bits per heavy atom. The number of hydrogen-bond donors (Lipinski definition) is 1. The van der Waals surface area contributed by atoms with Gasteiger partial charge in [-0.1, -0.05) is 30.3 Å². The van der Waals surface area contributed by atoms with Gasteiger partial charge in [-0.3, -0.25) is 0 Å². The van der Waals surface area contributed by atoms with Crippen LogP contribution in [0.5, 0.6) is 0 Å². The van der Waals surface area contributed by atoms with Gasteiger partial charge in [-0.25, -0.2) is 0 Å². The number of fused-ring (bicyclic) bond motifs is 1. The number of benzene rings is 1. The van der Waals surface area contributed by atoms with Crippen LogP contribution in [0, 0.1) is 0 Å². The first-order valence-electron chi connectivity index (χ1n) is 6.35. The molecule has 0 saturated heterocycles. The highest BCUT2D eigenvalue weighted by Gasteiger charge is 2.07. The number of aromatic nitrogens is 4. The molecule has 0 saturated carbocycles.